The number of benzene rings is 1. The maximum absolute atomic E-state index is 13.9. The lowest BCUT2D eigenvalue weighted by Crippen LogP contribution is -2.19. The van der Waals surface area contributed by atoms with Crippen LogP contribution in [0.1, 0.15) is 24.9 Å². The molecule has 1 unspecified atom stereocenters. The molecule has 0 aliphatic carbocycles. The van der Waals surface area contributed by atoms with Crippen molar-refractivity contribution in [2.75, 3.05) is 5.32 Å². The molecule has 2 aromatic rings. The molecule has 0 saturated carbocycles. The van der Waals surface area contributed by atoms with E-state index in [0.29, 0.717) is 16.0 Å². The van der Waals surface area contributed by atoms with Crippen molar-refractivity contribution in [3.63, 3.8) is 0 Å². The summed E-state index contributed by atoms with van der Waals surface area (Å²) in [5, 5.41) is 6.32. The highest BCUT2D eigenvalue weighted by molar-refractivity contribution is 8.01. The average Bonchev–Trinajstić information content (AvgIpc) is 2.81. The fourth-order valence-electron chi connectivity index (χ4n) is 2.30. The van der Waals surface area contributed by atoms with Gasteiger partial charge in [-0.1, -0.05) is 24.6 Å². The van der Waals surface area contributed by atoms with Crippen molar-refractivity contribution in [3.05, 3.63) is 46.0 Å². The monoisotopic (exact) mass is 313 g/mol. The number of thioether (sulfide) groups is 1. The van der Waals surface area contributed by atoms with E-state index in [2.05, 4.69) is 23.7 Å². The van der Waals surface area contributed by atoms with E-state index in [4.69, 9.17) is 11.6 Å². The van der Waals surface area contributed by atoms with E-state index in [-0.39, 0.29) is 11.9 Å². The standard InChI is InChI=1S/C14H13ClFNS2/c1-8-7-12(9-5-6-18-14(9)19-8)17-13-10(15)3-2-4-11(13)16/h2-6,8,12,17H,7H2,1H3/t8-,12?/m0/s1. The van der Waals surface area contributed by atoms with Gasteiger partial charge in [-0.15, -0.1) is 23.1 Å². The highest BCUT2D eigenvalue weighted by atomic mass is 35.5. The quantitative estimate of drug-likeness (QED) is 0.777. The molecule has 3 rings (SSSR count). The highest BCUT2D eigenvalue weighted by Crippen LogP contribution is 2.45. The van der Waals surface area contributed by atoms with E-state index in [9.17, 15) is 4.39 Å². The van der Waals surface area contributed by atoms with Gasteiger partial charge in [-0.25, -0.2) is 4.39 Å². The zero-order chi connectivity index (χ0) is 13.4. The topological polar surface area (TPSA) is 12.0 Å². The molecule has 1 N–H and O–H groups in total. The number of thiophene rings is 1. The normalized spacial score (nSPS) is 22.1. The summed E-state index contributed by atoms with van der Waals surface area (Å²) in [4.78, 5) is 0. The molecule has 1 aromatic heterocycles. The average molecular weight is 314 g/mol. The summed E-state index contributed by atoms with van der Waals surface area (Å²) in [6.45, 7) is 2.20. The molecule has 5 heteroatoms. The van der Waals surface area contributed by atoms with Crippen LogP contribution < -0.4 is 5.32 Å². The maximum Gasteiger partial charge on any atom is 0.147 e. The van der Waals surface area contributed by atoms with Gasteiger partial charge < -0.3 is 5.32 Å². The molecule has 1 nitrogen and oxygen atoms in total. The summed E-state index contributed by atoms with van der Waals surface area (Å²) >= 11 is 9.72. The zero-order valence-corrected chi connectivity index (χ0v) is 12.7. The molecule has 19 heavy (non-hydrogen) atoms. The molecule has 2 heterocycles. The van der Waals surface area contributed by atoms with Crippen LogP contribution in [0.15, 0.2) is 33.9 Å². The van der Waals surface area contributed by atoms with Gasteiger partial charge in [0.1, 0.15) is 5.82 Å². The number of para-hydroxylation sites is 1. The Labute approximate surface area is 125 Å². The largest absolute Gasteiger partial charge is 0.375 e. The van der Waals surface area contributed by atoms with Crippen LogP contribution in [0.4, 0.5) is 10.1 Å². The lowest BCUT2D eigenvalue weighted by atomic mass is 10.0. The smallest absolute Gasteiger partial charge is 0.147 e. The molecule has 100 valence electrons. The first kappa shape index (κ1) is 13.3. The van der Waals surface area contributed by atoms with Gasteiger partial charge in [-0.3, -0.25) is 0 Å². The van der Waals surface area contributed by atoms with Crippen molar-refractivity contribution in [1.29, 1.82) is 0 Å². The van der Waals surface area contributed by atoms with Crippen molar-refractivity contribution >= 4 is 40.4 Å². The summed E-state index contributed by atoms with van der Waals surface area (Å²) in [6.07, 6.45) is 0.971. The Morgan fingerprint density at radius 3 is 3.00 bits per heavy atom. The van der Waals surface area contributed by atoms with Crippen molar-refractivity contribution in [3.8, 4) is 0 Å². The van der Waals surface area contributed by atoms with Crippen LogP contribution in [0.3, 0.4) is 0 Å². The van der Waals surface area contributed by atoms with E-state index >= 15 is 0 Å². The van der Waals surface area contributed by atoms with Crippen LogP contribution in [0.2, 0.25) is 5.02 Å². The first-order valence-electron chi connectivity index (χ1n) is 6.09. The SMILES string of the molecule is C[C@H]1CC(Nc2c(F)cccc2Cl)c2ccsc2S1. The third-order valence-electron chi connectivity index (χ3n) is 3.19. The predicted molar refractivity (Wildman–Crippen MR) is 82.0 cm³/mol. The molecule has 0 spiro atoms. The van der Waals surface area contributed by atoms with Crippen LogP contribution in [-0.2, 0) is 0 Å². The Morgan fingerprint density at radius 1 is 1.37 bits per heavy atom. The van der Waals surface area contributed by atoms with Crippen molar-refractivity contribution in [2.45, 2.75) is 28.8 Å². The summed E-state index contributed by atoms with van der Waals surface area (Å²) in [7, 11) is 0. The molecular formula is C14H13ClFNS2. The van der Waals surface area contributed by atoms with E-state index in [1.807, 2.05) is 11.8 Å². The van der Waals surface area contributed by atoms with Crippen LogP contribution >= 0.6 is 34.7 Å². The van der Waals surface area contributed by atoms with Gasteiger partial charge in [0.2, 0.25) is 0 Å². The summed E-state index contributed by atoms with van der Waals surface area (Å²) in [6, 6.07) is 7.02. The Balaban J connectivity index is 1.92. The minimum absolute atomic E-state index is 0.131. The maximum atomic E-state index is 13.9. The molecule has 2 atom stereocenters. The summed E-state index contributed by atoms with van der Waals surface area (Å²) in [5.74, 6) is -0.296. The van der Waals surface area contributed by atoms with Crippen LogP contribution in [0.5, 0.6) is 0 Å². The second kappa shape index (κ2) is 5.35. The molecule has 0 bridgehead atoms. The highest BCUT2D eigenvalue weighted by Gasteiger charge is 2.27. The molecule has 1 aliphatic rings. The molecule has 1 aliphatic heterocycles. The number of hydrogen-bond donors (Lipinski definition) is 1. The Morgan fingerprint density at radius 2 is 2.21 bits per heavy atom. The van der Waals surface area contributed by atoms with Crippen molar-refractivity contribution < 1.29 is 4.39 Å². The lowest BCUT2D eigenvalue weighted by molar-refractivity contribution is 0.616. The number of nitrogens with one attached hydrogen (secondary N) is 1. The zero-order valence-electron chi connectivity index (χ0n) is 10.3. The molecule has 0 saturated heterocycles. The van der Waals surface area contributed by atoms with Crippen molar-refractivity contribution in [1.82, 2.24) is 0 Å². The van der Waals surface area contributed by atoms with Crippen LogP contribution in [0.25, 0.3) is 0 Å². The van der Waals surface area contributed by atoms with Gasteiger partial charge in [0.15, 0.2) is 0 Å². The van der Waals surface area contributed by atoms with Crippen LogP contribution in [0, 0.1) is 5.82 Å². The predicted octanol–water partition coefficient (Wildman–Crippen LogP) is 5.58. The van der Waals surface area contributed by atoms with E-state index in [1.165, 1.54) is 15.8 Å². The second-order valence-electron chi connectivity index (χ2n) is 4.62. The number of hydrogen-bond acceptors (Lipinski definition) is 3. The number of anilines is 1. The van der Waals surface area contributed by atoms with E-state index in [0.717, 1.165) is 6.42 Å². The summed E-state index contributed by atoms with van der Waals surface area (Å²) < 4.78 is 15.2. The van der Waals surface area contributed by atoms with Gasteiger partial charge in [-0.05, 0) is 35.6 Å². The Kier molecular flexibility index (Phi) is 3.74. The van der Waals surface area contributed by atoms with Gasteiger partial charge in [0.05, 0.1) is 21.0 Å². The second-order valence-corrected chi connectivity index (χ2v) is 7.65. The molecule has 0 fully saturated rings. The Hall–Kier alpha value is -0.710. The Bertz CT molecular complexity index is 579. The molecule has 0 amide bonds. The molecular weight excluding hydrogens is 301 g/mol. The minimum Gasteiger partial charge on any atom is -0.375 e. The van der Waals surface area contributed by atoms with Gasteiger partial charge in [0, 0.05) is 5.25 Å². The third-order valence-corrected chi connectivity index (χ3v) is 5.85. The van der Waals surface area contributed by atoms with Gasteiger partial charge in [0.25, 0.3) is 0 Å². The first-order valence-corrected chi connectivity index (χ1v) is 8.23. The minimum atomic E-state index is -0.296. The van der Waals surface area contributed by atoms with Gasteiger partial charge >= 0.3 is 0 Å². The van der Waals surface area contributed by atoms with Crippen molar-refractivity contribution in [2.24, 2.45) is 0 Å². The molecule has 1 aromatic carbocycles. The van der Waals surface area contributed by atoms with Gasteiger partial charge in [-0.2, -0.15) is 0 Å². The fraction of sp³-hybridized carbons (Fsp3) is 0.286. The number of halogens is 2. The van der Waals surface area contributed by atoms with Crippen LogP contribution in [-0.4, -0.2) is 5.25 Å². The van der Waals surface area contributed by atoms with E-state index in [1.54, 1.807) is 23.5 Å². The number of fused-ring (bicyclic) bond motifs is 1. The molecule has 0 radical (unpaired) electrons. The number of rotatable bonds is 2. The third kappa shape index (κ3) is 2.62. The lowest BCUT2D eigenvalue weighted by Gasteiger charge is -2.28. The fourth-order valence-corrected chi connectivity index (χ4v) is 5.08. The first-order chi connectivity index (χ1) is 9.15. The van der Waals surface area contributed by atoms with E-state index < -0.39 is 0 Å². The summed E-state index contributed by atoms with van der Waals surface area (Å²) in [5.41, 5.74) is 1.66.